The lowest BCUT2D eigenvalue weighted by Crippen LogP contribution is -2.57. The number of aromatic amines is 1. The Bertz CT molecular complexity index is 1440. The Morgan fingerprint density at radius 2 is 1.71 bits per heavy atom. The van der Waals surface area contributed by atoms with Gasteiger partial charge in [0.05, 0.1) is 13.2 Å². The summed E-state index contributed by atoms with van der Waals surface area (Å²) in [4.78, 5) is 29.9. The molecule has 0 unspecified atom stereocenters. The van der Waals surface area contributed by atoms with E-state index in [9.17, 15) is 4.79 Å². The van der Waals surface area contributed by atoms with Crippen LogP contribution in [0.1, 0.15) is 17.0 Å². The minimum Gasteiger partial charge on any atom is -0.378 e. The van der Waals surface area contributed by atoms with Gasteiger partial charge in [0.25, 0.3) is 0 Å². The number of pyridine rings is 2. The van der Waals surface area contributed by atoms with Gasteiger partial charge in [-0.15, -0.1) is 0 Å². The number of aromatic nitrogens is 3. The number of amides is 1. The predicted molar refractivity (Wildman–Crippen MR) is 150 cm³/mol. The Morgan fingerprint density at radius 1 is 0.947 bits per heavy atom. The minimum atomic E-state index is -0.220. The molecule has 2 aliphatic rings. The number of anilines is 1. The number of ether oxygens (including phenoxy) is 1. The van der Waals surface area contributed by atoms with Gasteiger partial charge in [-0.3, -0.25) is 9.78 Å². The highest BCUT2D eigenvalue weighted by Crippen LogP contribution is 2.33. The fourth-order valence-electron chi connectivity index (χ4n) is 5.63. The molecular formula is C30H34N6O2. The molecule has 5 heterocycles. The smallest absolute Gasteiger partial charge is 0.242 e. The van der Waals surface area contributed by atoms with Crippen molar-refractivity contribution in [1.29, 1.82) is 0 Å². The molecular weight excluding hydrogens is 476 g/mol. The third-order valence-electron chi connectivity index (χ3n) is 7.64. The molecule has 0 bridgehead atoms. The zero-order valence-corrected chi connectivity index (χ0v) is 22.3. The number of carbonyl (C=O) groups is 1. The zero-order chi connectivity index (χ0) is 26.2. The van der Waals surface area contributed by atoms with E-state index in [1.165, 1.54) is 16.5 Å². The summed E-state index contributed by atoms with van der Waals surface area (Å²) in [5, 5.41) is 4.49. The van der Waals surface area contributed by atoms with Gasteiger partial charge in [-0.2, -0.15) is 0 Å². The highest BCUT2D eigenvalue weighted by Gasteiger charge is 2.29. The first-order valence-corrected chi connectivity index (χ1v) is 13.4. The molecule has 2 saturated heterocycles. The SMILES string of the molecule is Cc1cc(-c2[nH]c3cc(-c4ccc(N5CCN(C(=O)[C@@H]6COCCN6)CC5)nc4)ccc3c2C)cc(C)n1. The van der Waals surface area contributed by atoms with Crippen molar-refractivity contribution in [3.63, 3.8) is 0 Å². The van der Waals surface area contributed by atoms with Gasteiger partial charge in [-0.05, 0) is 62.2 Å². The van der Waals surface area contributed by atoms with Crippen molar-refractivity contribution in [3.05, 3.63) is 65.6 Å². The predicted octanol–water partition coefficient (Wildman–Crippen LogP) is 3.85. The molecule has 1 aromatic carbocycles. The number of hydrogen-bond donors (Lipinski definition) is 2. The molecule has 0 radical (unpaired) electrons. The number of morpholine rings is 1. The van der Waals surface area contributed by atoms with Gasteiger partial charge in [0, 0.05) is 78.0 Å². The van der Waals surface area contributed by atoms with E-state index in [4.69, 9.17) is 9.72 Å². The second kappa shape index (κ2) is 10.2. The molecule has 0 saturated carbocycles. The van der Waals surface area contributed by atoms with Crippen molar-refractivity contribution < 1.29 is 9.53 Å². The Morgan fingerprint density at radius 3 is 2.39 bits per heavy atom. The van der Waals surface area contributed by atoms with E-state index in [0.29, 0.717) is 26.3 Å². The van der Waals surface area contributed by atoms with E-state index in [2.05, 4.69) is 69.6 Å². The summed E-state index contributed by atoms with van der Waals surface area (Å²) in [6.45, 7) is 11.0. The maximum Gasteiger partial charge on any atom is 0.242 e. The van der Waals surface area contributed by atoms with Crippen molar-refractivity contribution in [2.45, 2.75) is 26.8 Å². The maximum atomic E-state index is 12.8. The van der Waals surface area contributed by atoms with Gasteiger partial charge in [0.15, 0.2) is 0 Å². The summed E-state index contributed by atoms with van der Waals surface area (Å²) in [5.41, 5.74) is 8.92. The molecule has 4 aromatic rings. The molecule has 1 amide bonds. The van der Waals surface area contributed by atoms with E-state index < -0.39 is 0 Å². The summed E-state index contributed by atoms with van der Waals surface area (Å²) in [6, 6.07) is 14.8. The lowest BCUT2D eigenvalue weighted by molar-refractivity contribution is -0.136. The second-order valence-corrected chi connectivity index (χ2v) is 10.3. The maximum absolute atomic E-state index is 12.8. The Labute approximate surface area is 223 Å². The van der Waals surface area contributed by atoms with Crippen LogP contribution in [-0.4, -0.2) is 77.7 Å². The van der Waals surface area contributed by atoms with Gasteiger partial charge < -0.3 is 24.8 Å². The number of fused-ring (bicyclic) bond motifs is 1. The molecule has 6 rings (SSSR count). The molecule has 0 aliphatic carbocycles. The van der Waals surface area contributed by atoms with Crippen molar-refractivity contribution in [2.24, 2.45) is 0 Å². The van der Waals surface area contributed by atoms with Crippen LogP contribution in [0.15, 0.2) is 48.7 Å². The second-order valence-electron chi connectivity index (χ2n) is 10.3. The summed E-state index contributed by atoms with van der Waals surface area (Å²) >= 11 is 0. The van der Waals surface area contributed by atoms with Crippen LogP contribution < -0.4 is 10.2 Å². The standard InChI is InChI=1S/C30H34N6O2/c1-19-14-24(15-20(2)33-19)29-21(3)25-6-4-22(16-26(25)34-29)23-5-7-28(32-17-23)35-9-11-36(12-10-35)30(37)27-18-38-13-8-31-27/h4-7,14-17,27,31,34H,8-13,18H2,1-3H3/t27-/m0/s1. The van der Waals surface area contributed by atoms with Crippen LogP contribution in [0.4, 0.5) is 5.82 Å². The molecule has 196 valence electrons. The summed E-state index contributed by atoms with van der Waals surface area (Å²) < 4.78 is 5.46. The monoisotopic (exact) mass is 510 g/mol. The van der Waals surface area contributed by atoms with E-state index in [0.717, 1.165) is 59.2 Å². The first-order chi connectivity index (χ1) is 18.5. The average Bonchev–Trinajstić information content (AvgIpc) is 3.28. The van der Waals surface area contributed by atoms with Crippen LogP contribution in [-0.2, 0) is 9.53 Å². The number of benzene rings is 1. The lowest BCUT2D eigenvalue weighted by atomic mass is 10.0. The van der Waals surface area contributed by atoms with E-state index in [1.807, 2.05) is 24.9 Å². The van der Waals surface area contributed by atoms with Gasteiger partial charge in [-0.25, -0.2) is 4.98 Å². The first kappa shape index (κ1) is 24.6. The largest absolute Gasteiger partial charge is 0.378 e. The minimum absolute atomic E-state index is 0.139. The summed E-state index contributed by atoms with van der Waals surface area (Å²) in [7, 11) is 0. The van der Waals surface area contributed by atoms with Gasteiger partial charge in [0.1, 0.15) is 11.9 Å². The molecule has 3 aromatic heterocycles. The highest BCUT2D eigenvalue weighted by atomic mass is 16.5. The molecule has 2 aliphatic heterocycles. The number of rotatable bonds is 4. The zero-order valence-electron chi connectivity index (χ0n) is 22.3. The summed E-state index contributed by atoms with van der Waals surface area (Å²) in [5.74, 6) is 1.09. The van der Waals surface area contributed by atoms with Crippen LogP contribution >= 0.6 is 0 Å². The number of nitrogens with zero attached hydrogens (tertiary/aromatic N) is 4. The molecule has 2 fully saturated rings. The summed E-state index contributed by atoms with van der Waals surface area (Å²) in [6.07, 6.45) is 1.95. The van der Waals surface area contributed by atoms with Crippen LogP contribution in [0.25, 0.3) is 33.3 Å². The van der Waals surface area contributed by atoms with E-state index in [1.54, 1.807) is 0 Å². The van der Waals surface area contributed by atoms with Crippen LogP contribution in [0.5, 0.6) is 0 Å². The Balaban J connectivity index is 1.16. The van der Waals surface area contributed by atoms with Crippen molar-refractivity contribution in [3.8, 4) is 22.4 Å². The molecule has 1 atom stereocenters. The number of aryl methyl sites for hydroxylation is 3. The van der Waals surface area contributed by atoms with Gasteiger partial charge >= 0.3 is 0 Å². The average molecular weight is 511 g/mol. The third kappa shape index (κ3) is 4.77. The van der Waals surface area contributed by atoms with Crippen molar-refractivity contribution in [1.82, 2.24) is 25.2 Å². The number of carbonyl (C=O) groups excluding carboxylic acids is 1. The fourth-order valence-corrected chi connectivity index (χ4v) is 5.63. The van der Waals surface area contributed by atoms with Gasteiger partial charge in [0.2, 0.25) is 5.91 Å². The Hall–Kier alpha value is -3.75. The van der Waals surface area contributed by atoms with Crippen molar-refractivity contribution >= 4 is 22.6 Å². The fraction of sp³-hybridized carbons (Fsp3) is 0.367. The number of piperazine rings is 1. The number of H-pyrrole nitrogens is 1. The third-order valence-corrected chi connectivity index (χ3v) is 7.64. The van der Waals surface area contributed by atoms with Crippen LogP contribution in [0, 0.1) is 20.8 Å². The number of hydrogen-bond acceptors (Lipinski definition) is 6. The molecule has 8 nitrogen and oxygen atoms in total. The van der Waals surface area contributed by atoms with Crippen LogP contribution in [0.3, 0.4) is 0 Å². The molecule has 2 N–H and O–H groups in total. The normalized spacial score (nSPS) is 18.2. The first-order valence-electron chi connectivity index (χ1n) is 13.4. The molecule has 0 spiro atoms. The van der Waals surface area contributed by atoms with E-state index >= 15 is 0 Å². The van der Waals surface area contributed by atoms with Crippen LogP contribution in [0.2, 0.25) is 0 Å². The lowest BCUT2D eigenvalue weighted by Gasteiger charge is -2.37. The van der Waals surface area contributed by atoms with Crippen molar-refractivity contribution in [2.75, 3.05) is 50.8 Å². The van der Waals surface area contributed by atoms with E-state index in [-0.39, 0.29) is 11.9 Å². The highest BCUT2D eigenvalue weighted by molar-refractivity contribution is 5.93. The molecule has 8 heteroatoms. The topological polar surface area (TPSA) is 86.4 Å². The van der Waals surface area contributed by atoms with Gasteiger partial charge in [-0.1, -0.05) is 12.1 Å². The number of nitrogens with one attached hydrogen (secondary N) is 2. The quantitative estimate of drug-likeness (QED) is 0.434. The Kier molecular flexibility index (Phi) is 6.59. The molecule has 38 heavy (non-hydrogen) atoms.